The predicted octanol–water partition coefficient (Wildman–Crippen LogP) is 3.98. The molecule has 1 heterocycles. The highest BCUT2D eigenvalue weighted by molar-refractivity contribution is 7.09. The van der Waals surface area contributed by atoms with Crippen molar-refractivity contribution >= 4 is 17.4 Å². The molecule has 0 bridgehead atoms. The van der Waals surface area contributed by atoms with Crippen molar-refractivity contribution in [3.05, 3.63) is 39.8 Å². The van der Waals surface area contributed by atoms with Crippen LogP contribution in [0.1, 0.15) is 36.0 Å². The van der Waals surface area contributed by atoms with E-state index in [4.69, 9.17) is 9.47 Å². The van der Waals surface area contributed by atoms with E-state index in [0.717, 1.165) is 34.9 Å². The predicted molar refractivity (Wildman–Crippen MR) is 104 cm³/mol. The first-order chi connectivity index (χ1) is 12.5. The highest BCUT2D eigenvalue weighted by atomic mass is 32.1. The summed E-state index contributed by atoms with van der Waals surface area (Å²) in [6, 6.07) is 5.58. The van der Waals surface area contributed by atoms with Gasteiger partial charge < -0.3 is 19.7 Å². The largest absolute Gasteiger partial charge is 0.493 e. The summed E-state index contributed by atoms with van der Waals surface area (Å²) >= 11 is 1.59. The number of aryl methyl sites for hydroxylation is 1. The molecule has 0 aliphatic rings. The molecule has 0 fully saturated rings. The Bertz CT molecular complexity index is 718. The van der Waals surface area contributed by atoms with Gasteiger partial charge in [-0.1, -0.05) is 19.4 Å². The van der Waals surface area contributed by atoms with Crippen LogP contribution in [0.3, 0.4) is 0 Å². The maximum atomic E-state index is 12.3. The molecule has 0 saturated carbocycles. The van der Waals surface area contributed by atoms with Crippen molar-refractivity contribution < 1.29 is 14.3 Å². The number of carbonyl (C=O) groups is 1. The SMILES string of the molecule is CCCCOc1ccc(CNC(=O)N(C)Cc2csc(C)n2)cc1OC. The van der Waals surface area contributed by atoms with Crippen molar-refractivity contribution in [2.45, 2.75) is 39.8 Å². The molecule has 6 nitrogen and oxygen atoms in total. The topological polar surface area (TPSA) is 63.7 Å². The first-order valence-electron chi connectivity index (χ1n) is 8.73. The van der Waals surface area contributed by atoms with E-state index in [1.54, 1.807) is 30.4 Å². The number of methoxy groups -OCH3 is 1. The van der Waals surface area contributed by atoms with Gasteiger partial charge in [0.05, 0.1) is 31.0 Å². The second-order valence-corrected chi connectivity index (χ2v) is 7.12. The molecular formula is C19H27N3O3S. The Morgan fingerprint density at radius 2 is 2.15 bits per heavy atom. The van der Waals surface area contributed by atoms with Crippen molar-refractivity contribution in [3.63, 3.8) is 0 Å². The molecule has 2 amide bonds. The fourth-order valence-electron chi connectivity index (χ4n) is 2.38. The molecule has 0 aliphatic heterocycles. The van der Waals surface area contributed by atoms with E-state index in [1.807, 2.05) is 30.5 Å². The van der Waals surface area contributed by atoms with Crippen molar-refractivity contribution in [2.24, 2.45) is 0 Å². The number of unbranched alkanes of at least 4 members (excludes halogenated alkanes) is 1. The smallest absolute Gasteiger partial charge is 0.317 e. The van der Waals surface area contributed by atoms with Crippen LogP contribution in [0.4, 0.5) is 4.79 Å². The third-order valence-electron chi connectivity index (χ3n) is 3.84. The normalized spacial score (nSPS) is 10.5. The van der Waals surface area contributed by atoms with E-state index in [-0.39, 0.29) is 6.03 Å². The Morgan fingerprint density at radius 1 is 1.35 bits per heavy atom. The Kier molecular flexibility index (Phi) is 7.72. The lowest BCUT2D eigenvalue weighted by molar-refractivity contribution is 0.206. The van der Waals surface area contributed by atoms with Crippen LogP contribution in [0, 0.1) is 6.92 Å². The summed E-state index contributed by atoms with van der Waals surface area (Å²) in [5.74, 6) is 1.41. The first kappa shape index (κ1) is 20.0. The summed E-state index contributed by atoms with van der Waals surface area (Å²) in [5.41, 5.74) is 1.86. The quantitative estimate of drug-likeness (QED) is 0.672. The molecule has 26 heavy (non-hydrogen) atoms. The zero-order valence-electron chi connectivity index (χ0n) is 15.9. The van der Waals surface area contributed by atoms with Crippen LogP contribution < -0.4 is 14.8 Å². The van der Waals surface area contributed by atoms with Gasteiger partial charge in [0.1, 0.15) is 0 Å². The fourth-order valence-corrected chi connectivity index (χ4v) is 2.98. The van der Waals surface area contributed by atoms with E-state index in [2.05, 4.69) is 17.2 Å². The number of aromatic nitrogens is 1. The molecule has 0 aliphatic carbocycles. The summed E-state index contributed by atoms with van der Waals surface area (Å²) < 4.78 is 11.1. The summed E-state index contributed by atoms with van der Waals surface area (Å²) in [4.78, 5) is 18.3. The Balaban J connectivity index is 1.88. The van der Waals surface area contributed by atoms with Crippen LogP contribution in [0.2, 0.25) is 0 Å². The minimum absolute atomic E-state index is 0.141. The second kappa shape index (κ2) is 10.0. The minimum Gasteiger partial charge on any atom is -0.493 e. The van der Waals surface area contributed by atoms with Crippen LogP contribution in [-0.4, -0.2) is 36.7 Å². The Labute approximate surface area is 159 Å². The van der Waals surface area contributed by atoms with Gasteiger partial charge in [-0.05, 0) is 31.0 Å². The lowest BCUT2D eigenvalue weighted by Crippen LogP contribution is -2.36. The summed E-state index contributed by atoms with van der Waals surface area (Å²) in [6.07, 6.45) is 2.09. The van der Waals surface area contributed by atoms with Crippen LogP contribution in [0.15, 0.2) is 23.6 Å². The lowest BCUT2D eigenvalue weighted by atomic mass is 10.2. The molecule has 2 aromatic rings. The molecule has 1 N–H and O–H groups in total. The van der Waals surface area contributed by atoms with E-state index >= 15 is 0 Å². The molecule has 2 rings (SSSR count). The first-order valence-corrected chi connectivity index (χ1v) is 9.61. The number of nitrogens with zero attached hydrogens (tertiary/aromatic N) is 2. The third-order valence-corrected chi connectivity index (χ3v) is 4.66. The van der Waals surface area contributed by atoms with E-state index in [9.17, 15) is 4.79 Å². The van der Waals surface area contributed by atoms with Gasteiger partial charge in [0.2, 0.25) is 0 Å². The molecule has 0 radical (unpaired) electrons. The number of carbonyl (C=O) groups excluding carboxylic acids is 1. The number of nitrogens with one attached hydrogen (secondary N) is 1. The maximum absolute atomic E-state index is 12.3. The number of thiazole rings is 1. The maximum Gasteiger partial charge on any atom is 0.317 e. The van der Waals surface area contributed by atoms with Crippen molar-refractivity contribution in [2.75, 3.05) is 20.8 Å². The summed E-state index contributed by atoms with van der Waals surface area (Å²) in [5, 5.41) is 5.89. The van der Waals surface area contributed by atoms with E-state index < -0.39 is 0 Å². The number of urea groups is 1. The standard InChI is InChI=1S/C19H27N3O3S/c1-5-6-9-25-17-8-7-15(10-18(17)24-4)11-20-19(23)22(3)12-16-13-26-14(2)21-16/h7-8,10,13H,5-6,9,11-12H2,1-4H3,(H,20,23). The third kappa shape index (κ3) is 5.91. The molecular weight excluding hydrogens is 350 g/mol. The zero-order valence-corrected chi connectivity index (χ0v) is 16.7. The van der Waals surface area contributed by atoms with Crippen LogP contribution in [0.5, 0.6) is 11.5 Å². The molecule has 0 saturated heterocycles. The second-order valence-electron chi connectivity index (χ2n) is 6.06. The Morgan fingerprint density at radius 3 is 2.81 bits per heavy atom. The molecule has 1 aromatic heterocycles. The van der Waals surface area contributed by atoms with Gasteiger partial charge in [-0.25, -0.2) is 9.78 Å². The van der Waals surface area contributed by atoms with Crippen LogP contribution >= 0.6 is 11.3 Å². The number of ether oxygens (including phenoxy) is 2. The molecule has 0 spiro atoms. The van der Waals surface area contributed by atoms with Gasteiger partial charge in [-0.3, -0.25) is 0 Å². The number of hydrogen-bond donors (Lipinski definition) is 1. The fraction of sp³-hybridized carbons (Fsp3) is 0.474. The van der Waals surface area contributed by atoms with Crippen molar-refractivity contribution in [1.29, 1.82) is 0 Å². The minimum atomic E-state index is -0.141. The summed E-state index contributed by atoms with van der Waals surface area (Å²) in [7, 11) is 3.38. The molecule has 142 valence electrons. The lowest BCUT2D eigenvalue weighted by Gasteiger charge is -2.17. The van der Waals surface area contributed by atoms with Crippen LogP contribution in [0.25, 0.3) is 0 Å². The number of rotatable bonds is 9. The van der Waals surface area contributed by atoms with Gasteiger partial charge in [0, 0.05) is 19.0 Å². The average Bonchev–Trinajstić information content (AvgIpc) is 3.05. The highest BCUT2D eigenvalue weighted by Gasteiger charge is 2.11. The van der Waals surface area contributed by atoms with Gasteiger partial charge in [-0.15, -0.1) is 11.3 Å². The van der Waals surface area contributed by atoms with Gasteiger partial charge in [-0.2, -0.15) is 0 Å². The van der Waals surface area contributed by atoms with Crippen LogP contribution in [-0.2, 0) is 13.1 Å². The van der Waals surface area contributed by atoms with E-state index in [1.165, 1.54) is 0 Å². The highest BCUT2D eigenvalue weighted by Crippen LogP contribution is 2.28. The van der Waals surface area contributed by atoms with Gasteiger partial charge in [0.25, 0.3) is 0 Å². The molecule has 0 atom stereocenters. The zero-order chi connectivity index (χ0) is 18.9. The Hall–Kier alpha value is -2.28. The molecule has 1 aromatic carbocycles. The van der Waals surface area contributed by atoms with Gasteiger partial charge >= 0.3 is 6.03 Å². The number of hydrogen-bond acceptors (Lipinski definition) is 5. The number of benzene rings is 1. The van der Waals surface area contributed by atoms with E-state index in [0.29, 0.717) is 25.4 Å². The average molecular weight is 378 g/mol. The van der Waals surface area contributed by atoms with Crippen molar-refractivity contribution in [3.8, 4) is 11.5 Å². The molecule has 0 unspecified atom stereocenters. The monoisotopic (exact) mass is 377 g/mol. The summed E-state index contributed by atoms with van der Waals surface area (Å²) in [6.45, 7) is 5.66. The number of amides is 2. The van der Waals surface area contributed by atoms with Gasteiger partial charge in [0.15, 0.2) is 11.5 Å². The molecule has 7 heteroatoms. The van der Waals surface area contributed by atoms with Crippen molar-refractivity contribution in [1.82, 2.24) is 15.2 Å².